The summed E-state index contributed by atoms with van der Waals surface area (Å²) in [4.78, 5) is 1.45. The highest BCUT2D eigenvalue weighted by Crippen LogP contribution is 2.26. The third-order valence-corrected chi connectivity index (χ3v) is 2.95. The number of terminal acetylenes is 1. The predicted molar refractivity (Wildman–Crippen MR) is 47.6 cm³/mol. The molecule has 0 fully saturated rings. The maximum atomic E-state index is 5.37. The lowest BCUT2D eigenvalue weighted by atomic mass is 10.0. The van der Waals surface area contributed by atoms with E-state index >= 15 is 0 Å². The van der Waals surface area contributed by atoms with E-state index in [4.69, 9.17) is 6.42 Å². The molecule has 0 saturated carbocycles. The highest BCUT2D eigenvalue weighted by molar-refractivity contribution is 7.10. The quantitative estimate of drug-likeness (QED) is 0.572. The maximum absolute atomic E-state index is 5.37. The molecule has 2 heteroatoms. The van der Waals surface area contributed by atoms with Crippen molar-refractivity contribution in [2.24, 2.45) is 0 Å². The molecule has 1 N–H and O–H groups in total. The Balaban J connectivity index is 2.41. The molecule has 0 unspecified atom stereocenters. The summed E-state index contributed by atoms with van der Waals surface area (Å²) in [6.45, 7) is 1.02. The van der Waals surface area contributed by atoms with Crippen molar-refractivity contribution in [2.45, 2.75) is 12.5 Å². The van der Waals surface area contributed by atoms with E-state index in [1.165, 1.54) is 10.4 Å². The Labute approximate surface area is 70.4 Å². The largest absolute Gasteiger partial charge is 0.300 e. The minimum absolute atomic E-state index is 0.157. The van der Waals surface area contributed by atoms with Crippen LogP contribution in [0.15, 0.2) is 11.4 Å². The Morgan fingerprint density at radius 2 is 2.64 bits per heavy atom. The lowest BCUT2D eigenvalue weighted by Crippen LogP contribution is -2.27. The van der Waals surface area contributed by atoms with Gasteiger partial charge in [0, 0.05) is 11.4 Å². The van der Waals surface area contributed by atoms with Crippen LogP contribution in [0.1, 0.15) is 16.5 Å². The monoisotopic (exact) mass is 163 g/mol. The summed E-state index contributed by atoms with van der Waals surface area (Å²) in [6.07, 6.45) is 6.50. The summed E-state index contributed by atoms with van der Waals surface area (Å²) in [6, 6.07) is 2.28. The van der Waals surface area contributed by atoms with Crippen LogP contribution in [0.3, 0.4) is 0 Å². The van der Waals surface area contributed by atoms with Gasteiger partial charge in [-0.1, -0.05) is 5.92 Å². The van der Waals surface area contributed by atoms with Crippen molar-refractivity contribution in [1.82, 2.24) is 5.32 Å². The average Bonchev–Trinajstić information content (AvgIpc) is 2.50. The minimum Gasteiger partial charge on any atom is -0.300 e. The molecule has 0 saturated heterocycles. The molecule has 11 heavy (non-hydrogen) atoms. The van der Waals surface area contributed by atoms with Crippen molar-refractivity contribution in [2.75, 3.05) is 6.54 Å². The van der Waals surface area contributed by atoms with Crippen LogP contribution in [0.4, 0.5) is 0 Å². The standard InChI is InChI=1S/C9H9NS/c1-2-8-7-4-6-11-9(7)3-5-10-8/h1,4,6,8,10H,3,5H2/t8-/m0/s1. The van der Waals surface area contributed by atoms with E-state index in [2.05, 4.69) is 22.7 Å². The van der Waals surface area contributed by atoms with Gasteiger partial charge in [-0.2, -0.15) is 0 Å². The van der Waals surface area contributed by atoms with Gasteiger partial charge in [0.15, 0.2) is 0 Å². The Morgan fingerprint density at radius 3 is 3.45 bits per heavy atom. The summed E-state index contributed by atoms with van der Waals surface area (Å²) in [7, 11) is 0. The molecule has 1 aromatic heterocycles. The van der Waals surface area contributed by atoms with Gasteiger partial charge in [0.2, 0.25) is 0 Å². The van der Waals surface area contributed by atoms with E-state index in [0.29, 0.717) is 0 Å². The van der Waals surface area contributed by atoms with Crippen LogP contribution < -0.4 is 5.32 Å². The van der Waals surface area contributed by atoms with Gasteiger partial charge in [0.05, 0.1) is 6.04 Å². The van der Waals surface area contributed by atoms with E-state index in [1.54, 1.807) is 0 Å². The molecule has 1 aliphatic heterocycles. The topological polar surface area (TPSA) is 12.0 Å². The van der Waals surface area contributed by atoms with E-state index in [1.807, 2.05) is 11.3 Å². The fourth-order valence-electron chi connectivity index (χ4n) is 1.40. The molecule has 0 amide bonds. The van der Waals surface area contributed by atoms with Crippen molar-refractivity contribution in [1.29, 1.82) is 0 Å². The van der Waals surface area contributed by atoms with E-state index in [9.17, 15) is 0 Å². The van der Waals surface area contributed by atoms with Crippen molar-refractivity contribution in [3.63, 3.8) is 0 Å². The number of thiophene rings is 1. The second kappa shape index (κ2) is 2.69. The van der Waals surface area contributed by atoms with Gasteiger partial charge >= 0.3 is 0 Å². The molecule has 2 heterocycles. The molecular formula is C9H9NS. The molecule has 0 radical (unpaired) electrons. The van der Waals surface area contributed by atoms with Crippen LogP contribution in [0.25, 0.3) is 0 Å². The molecule has 1 atom stereocenters. The number of rotatable bonds is 0. The third-order valence-electron chi connectivity index (χ3n) is 1.96. The Kier molecular flexibility index (Phi) is 1.69. The number of hydrogen-bond acceptors (Lipinski definition) is 2. The molecule has 0 spiro atoms. The Morgan fingerprint density at radius 1 is 1.73 bits per heavy atom. The molecule has 0 aliphatic carbocycles. The van der Waals surface area contributed by atoms with Gasteiger partial charge in [-0.15, -0.1) is 17.8 Å². The number of nitrogens with one attached hydrogen (secondary N) is 1. The molecule has 0 bridgehead atoms. The summed E-state index contributed by atoms with van der Waals surface area (Å²) < 4.78 is 0. The van der Waals surface area contributed by atoms with Crippen LogP contribution in [0, 0.1) is 12.3 Å². The molecule has 2 rings (SSSR count). The second-order valence-electron chi connectivity index (χ2n) is 2.60. The molecule has 1 nitrogen and oxygen atoms in total. The second-order valence-corrected chi connectivity index (χ2v) is 3.60. The highest BCUT2D eigenvalue weighted by Gasteiger charge is 2.17. The van der Waals surface area contributed by atoms with E-state index in [0.717, 1.165) is 13.0 Å². The van der Waals surface area contributed by atoms with Crippen LogP contribution in [0.2, 0.25) is 0 Å². The zero-order valence-corrected chi connectivity index (χ0v) is 6.95. The lowest BCUT2D eigenvalue weighted by molar-refractivity contribution is 0.602. The zero-order valence-electron chi connectivity index (χ0n) is 6.13. The summed E-state index contributed by atoms with van der Waals surface area (Å²) in [5.41, 5.74) is 1.31. The van der Waals surface area contributed by atoms with Gasteiger partial charge in [-0.05, 0) is 23.4 Å². The number of hydrogen-bond donors (Lipinski definition) is 1. The van der Waals surface area contributed by atoms with Crippen LogP contribution in [-0.4, -0.2) is 6.54 Å². The molecule has 0 aromatic carbocycles. The first-order valence-electron chi connectivity index (χ1n) is 3.67. The fourth-order valence-corrected chi connectivity index (χ4v) is 2.32. The lowest BCUT2D eigenvalue weighted by Gasteiger charge is -2.18. The highest BCUT2D eigenvalue weighted by atomic mass is 32.1. The summed E-state index contributed by atoms with van der Waals surface area (Å²) in [5.74, 6) is 2.74. The van der Waals surface area contributed by atoms with E-state index in [-0.39, 0.29) is 6.04 Å². The Bertz CT molecular complexity index is 295. The maximum Gasteiger partial charge on any atom is 0.0954 e. The van der Waals surface area contributed by atoms with Crippen molar-refractivity contribution >= 4 is 11.3 Å². The van der Waals surface area contributed by atoms with E-state index < -0.39 is 0 Å². The zero-order chi connectivity index (χ0) is 7.68. The molecule has 1 aliphatic rings. The van der Waals surface area contributed by atoms with Gasteiger partial charge < -0.3 is 0 Å². The fraction of sp³-hybridized carbons (Fsp3) is 0.333. The first-order valence-corrected chi connectivity index (χ1v) is 4.55. The minimum atomic E-state index is 0.157. The normalized spacial score (nSPS) is 22.3. The summed E-state index contributed by atoms with van der Waals surface area (Å²) >= 11 is 1.81. The molecule has 56 valence electrons. The molecular weight excluding hydrogens is 154 g/mol. The van der Waals surface area contributed by atoms with Crippen molar-refractivity contribution < 1.29 is 0 Å². The Hall–Kier alpha value is -0.780. The van der Waals surface area contributed by atoms with Gasteiger partial charge in [0.25, 0.3) is 0 Å². The average molecular weight is 163 g/mol. The van der Waals surface area contributed by atoms with Gasteiger partial charge in [0.1, 0.15) is 0 Å². The van der Waals surface area contributed by atoms with Crippen molar-refractivity contribution in [3.05, 3.63) is 21.9 Å². The smallest absolute Gasteiger partial charge is 0.0954 e. The SMILES string of the molecule is C#C[C@@H]1NCCc2sccc21. The first kappa shape index (κ1) is 6.90. The molecule has 1 aromatic rings. The first-order chi connectivity index (χ1) is 5.42. The predicted octanol–water partition coefficient (Wildman–Crippen LogP) is 1.57. The number of fused-ring (bicyclic) bond motifs is 1. The third kappa shape index (κ3) is 1.07. The summed E-state index contributed by atoms with van der Waals surface area (Å²) in [5, 5.41) is 5.39. The van der Waals surface area contributed by atoms with Crippen molar-refractivity contribution in [3.8, 4) is 12.3 Å². The van der Waals surface area contributed by atoms with Crippen LogP contribution in [0.5, 0.6) is 0 Å². The van der Waals surface area contributed by atoms with Gasteiger partial charge in [-0.3, -0.25) is 5.32 Å². The van der Waals surface area contributed by atoms with Crippen LogP contribution >= 0.6 is 11.3 Å². The van der Waals surface area contributed by atoms with Crippen LogP contribution in [-0.2, 0) is 6.42 Å². The van der Waals surface area contributed by atoms with Gasteiger partial charge in [-0.25, -0.2) is 0 Å².